The average molecular weight is 437 g/mol. The predicted molar refractivity (Wildman–Crippen MR) is 120 cm³/mol. The minimum absolute atomic E-state index is 0.184. The molecule has 8 nitrogen and oxygen atoms in total. The van der Waals surface area contributed by atoms with Gasteiger partial charge in [0.1, 0.15) is 12.1 Å². The zero-order valence-electron chi connectivity index (χ0n) is 17.9. The largest absolute Gasteiger partial charge is 0.447 e. The molecule has 2 aromatic rings. The van der Waals surface area contributed by atoms with Gasteiger partial charge in [-0.15, -0.1) is 0 Å². The fourth-order valence-corrected chi connectivity index (χ4v) is 4.24. The number of hydrogen-bond acceptors (Lipinski definition) is 4. The van der Waals surface area contributed by atoms with Gasteiger partial charge in [-0.1, -0.05) is 55.3 Å². The first-order chi connectivity index (χ1) is 15.6. The molecule has 0 bridgehead atoms. The number of nitrogens with one attached hydrogen (secondary N) is 3. The lowest BCUT2D eigenvalue weighted by atomic mass is 9.96. The van der Waals surface area contributed by atoms with Gasteiger partial charge in [0, 0.05) is 18.8 Å². The maximum atomic E-state index is 13.1. The number of carbonyl (C=O) groups is 3. The summed E-state index contributed by atoms with van der Waals surface area (Å²) in [4.78, 5) is 39.0. The number of urea groups is 1. The minimum atomic E-state index is -0.906. The molecule has 0 aromatic heterocycles. The summed E-state index contributed by atoms with van der Waals surface area (Å²) >= 11 is 0. The number of nitrogens with zero attached hydrogens (tertiary/aromatic N) is 1. The fraction of sp³-hybridized carbons (Fsp3) is 0.375. The molecule has 1 saturated carbocycles. The molecule has 2 aromatic carbocycles. The Morgan fingerprint density at radius 2 is 1.66 bits per heavy atom. The van der Waals surface area contributed by atoms with Gasteiger partial charge in [0.2, 0.25) is 5.91 Å². The van der Waals surface area contributed by atoms with Crippen molar-refractivity contribution in [1.29, 1.82) is 0 Å². The van der Waals surface area contributed by atoms with Crippen LogP contribution in [-0.2, 0) is 22.6 Å². The van der Waals surface area contributed by atoms with Gasteiger partial charge in [-0.3, -0.25) is 9.69 Å². The van der Waals surface area contributed by atoms with Crippen LogP contribution in [0.3, 0.4) is 0 Å². The Bertz CT molecular complexity index is 973. The first-order valence-electron chi connectivity index (χ1n) is 11.0. The van der Waals surface area contributed by atoms with E-state index in [4.69, 9.17) is 4.74 Å². The second kappa shape index (κ2) is 9.72. The van der Waals surface area contributed by atoms with Crippen molar-refractivity contribution in [2.75, 3.05) is 18.1 Å². The Morgan fingerprint density at radius 3 is 2.38 bits per heavy atom. The predicted octanol–water partition coefficient (Wildman–Crippen LogP) is 3.07. The van der Waals surface area contributed by atoms with Gasteiger partial charge in [0.05, 0.1) is 6.54 Å². The topological polar surface area (TPSA) is 99.8 Å². The van der Waals surface area contributed by atoms with Crippen molar-refractivity contribution in [3.8, 4) is 0 Å². The third-order valence-electron chi connectivity index (χ3n) is 5.98. The van der Waals surface area contributed by atoms with Crippen LogP contribution in [0.25, 0.3) is 0 Å². The molecule has 0 atom stereocenters. The second-order valence-electron chi connectivity index (χ2n) is 8.20. The summed E-state index contributed by atoms with van der Waals surface area (Å²) in [5.74, 6) is -0.184. The molecular formula is C24H28N4O4. The highest BCUT2D eigenvalue weighted by Crippen LogP contribution is 2.30. The Balaban J connectivity index is 1.35. The maximum absolute atomic E-state index is 13.1. The molecule has 0 radical (unpaired) electrons. The van der Waals surface area contributed by atoms with Crippen LogP contribution in [0.2, 0.25) is 0 Å². The molecule has 32 heavy (non-hydrogen) atoms. The third kappa shape index (κ3) is 5.01. The standard InChI is InChI=1S/C24H28N4O4/c29-21(25-17-19-9-6-10-20(15-19)28-13-14-32-23(28)31)24(11-4-5-12-24)27-22(30)26-16-18-7-2-1-3-8-18/h1-3,6-10,15H,4-5,11-14,16-17H2,(H,25,29)(H2,26,27,30). The van der Waals surface area contributed by atoms with E-state index in [0.29, 0.717) is 39.1 Å². The molecule has 168 valence electrons. The van der Waals surface area contributed by atoms with Crippen molar-refractivity contribution < 1.29 is 19.1 Å². The molecule has 1 aliphatic carbocycles. The Kier molecular flexibility index (Phi) is 6.58. The zero-order valence-corrected chi connectivity index (χ0v) is 17.9. The monoisotopic (exact) mass is 436 g/mol. The highest BCUT2D eigenvalue weighted by molar-refractivity contribution is 5.91. The molecule has 3 N–H and O–H groups in total. The van der Waals surface area contributed by atoms with Crippen molar-refractivity contribution in [3.05, 3.63) is 65.7 Å². The second-order valence-corrected chi connectivity index (χ2v) is 8.20. The van der Waals surface area contributed by atoms with Crippen LogP contribution in [0, 0.1) is 0 Å². The van der Waals surface area contributed by atoms with E-state index in [-0.39, 0.29) is 18.0 Å². The highest BCUT2D eigenvalue weighted by Gasteiger charge is 2.42. The number of anilines is 1. The fourth-order valence-electron chi connectivity index (χ4n) is 4.24. The molecule has 4 rings (SSSR count). The first-order valence-corrected chi connectivity index (χ1v) is 11.0. The van der Waals surface area contributed by atoms with Gasteiger partial charge in [0.15, 0.2) is 0 Å². The van der Waals surface area contributed by atoms with Gasteiger partial charge in [0.25, 0.3) is 0 Å². The molecule has 8 heteroatoms. The Morgan fingerprint density at radius 1 is 0.938 bits per heavy atom. The molecule has 4 amide bonds. The number of hydrogen-bond donors (Lipinski definition) is 3. The van der Waals surface area contributed by atoms with E-state index in [1.165, 1.54) is 0 Å². The summed E-state index contributed by atoms with van der Waals surface area (Å²) in [6.07, 6.45) is 2.63. The van der Waals surface area contributed by atoms with E-state index in [9.17, 15) is 14.4 Å². The summed E-state index contributed by atoms with van der Waals surface area (Å²) in [5, 5.41) is 8.75. The van der Waals surface area contributed by atoms with E-state index in [1.807, 2.05) is 54.6 Å². The number of rotatable bonds is 7. The van der Waals surface area contributed by atoms with Gasteiger partial charge >= 0.3 is 12.1 Å². The van der Waals surface area contributed by atoms with Crippen LogP contribution >= 0.6 is 0 Å². The van der Waals surface area contributed by atoms with Gasteiger partial charge in [-0.05, 0) is 36.1 Å². The Labute approximate surface area is 187 Å². The highest BCUT2D eigenvalue weighted by atomic mass is 16.6. The molecule has 0 unspecified atom stereocenters. The van der Waals surface area contributed by atoms with E-state index in [1.54, 1.807) is 4.90 Å². The van der Waals surface area contributed by atoms with Gasteiger partial charge in [-0.2, -0.15) is 0 Å². The first kappa shape index (κ1) is 21.7. The van der Waals surface area contributed by atoms with Gasteiger partial charge in [-0.25, -0.2) is 9.59 Å². The van der Waals surface area contributed by atoms with E-state index in [0.717, 1.165) is 29.7 Å². The quantitative estimate of drug-likeness (QED) is 0.621. The van der Waals surface area contributed by atoms with Crippen molar-refractivity contribution in [1.82, 2.24) is 16.0 Å². The number of carbonyl (C=O) groups excluding carboxylic acids is 3. The summed E-state index contributed by atoms with van der Waals surface area (Å²) in [6.45, 7) is 1.60. The summed E-state index contributed by atoms with van der Waals surface area (Å²) in [5.41, 5.74) is 1.71. The number of cyclic esters (lactones) is 1. The van der Waals surface area contributed by atoms with Crippen LogP contribution in [-0.4, -0.2) is 36.7 Å². The average Bonchev–Trinajstić information content (AvgIpc) is 3.47. The van der Waals surface area contributed by atoms with Crippen LogP contribution in [0.1, 0.15) is 36.8 Å². The van der Waals surface area contributed by atoms with E-state index >= 15 is 0 Å². The van der Waals surface area contributed by atoms with Crippen LogP contribution in [0.4, 0.5) is 15.3 Å². The van der Waals surface area contributed by atoms with E-state index in [2.05, 4.69) is 16.0 Å². The molecule has 1 aliphatic heterocycles. The Hall–Kier alpha value is -3.55. The van der Waals surface area contributed by atoms with Crippen LogP contribution < -0.4 is 20.9 Å². The third-order valence-corrected chi connectivity index (χ3v) is 5.98. The van der Waals surface area contributed by atoms with E-state index < -0.39 is 5.54 Å². The van der Waals surface area contributed by atoms with Crippen LogP contribution in [0.5, 0.6) is 0 Å². The number of benzene rings is 2. The van der Waals surface area contributed by atoms with Gasteiger partial charge < -0.3 is 20.7 Å². The lowest BCUT2D eigenvalue weighted by Gasteiger charge is -2.29. The molecule has 1 heterocycles. The molecule has 2 fully saturated rings. The summed E-state index contributed by atoms with van der Waals surface area (Å²) < 4.78 is 4.99. The molecular weight excluding hydrogens is 408 g/mol. The maximum Gasteiger partial charge on any atom is 0.414 e. The number of ether oxygens (including phenoxy) is 1. The summed E-state index contributed by atoms with van der Waals surface area (Å²) in [7, 11) is 0. The van der Waals surface area contributed by atoms with Crippen molar-refractivity contribution >= 4 is 23.7 Å². The van der Waals surface area contributed by atoms with Crippen molar-refractivity contribution in [3.63, 3.8) is 0 Å². The zero-order chi connectivity index (χ0) is 22.4. The van der Waals surface area contributed by atoms with Crippen molar-refractivity contribution in [2.45, 2.75) is 44.3 Å². The smallest absolute Gasteiger partial charge is 0.414 e. The number of amides is 4. The molecule has 0 spiro atoms. The molecule has 1 saturated heterocycles. The lowest BCUT2D eigenvalue weighted by Crippen LogP contribution is -2.59. The summed E-state index contributed by atoms with van der Waals surface area (Å²) in [6, 6.07) is 16.8. The normalized spacial score (nSPS) is 17.0. The minimum Gasteiger partial charge on any atom is -0.447 e. The van der Waals surface area contributed by atoms with Crippen molar-refractivity contribution in [2.24, 2.45) is 0 Å². The molecule has 2 aliphatic rings. The van der Waals surface area contributed by atoms with Crippen LogP contribution in [0.15, 0.2) is 54.6 Å². The lowest BCUT2D eigenvalue weighted by molar-refractivity contribution is -0.127. The SMILES string of the molecule is O=C(NCc1ccccc1)NC1(C(=O)NCc2cccc(N3CCOC3=O)c2)CCCC1.